The van der Waals surface area contributed by atoms with Gasteiger partial charge < -0.3 is 10.0 Å². The van der Waals surface area contributed by atoms with Crippen LogP contribution in [0.2, 0.25) is 0 Å². The number of likely N-dealkylation sites (N-methyl/N-ethyl adjacent to an activating group) is 2. The number of carboxylic acids is 1. The molecule has 0 aliphatic carbocycles. The van der Waals surface area contributed by atoms with Crippen LogP contribution in [0.3, 0.4) is 0 Å². The summed E-state index contributed by atoms with van der Waals surface area (Å²) in [5, 5.41) is 8.98. The summed E-state index contributed by atoms with van der Waals surface area (Å²) in [6, 6.07) is 1.13. The Morgan fingerprint density at radius 2 is 2.24 bits per heavy atom. The van der Waals surface area contributed by atoms with Gasteiger partial charge in [-0.05, 0) is 48.4 Å². The average molecular weight is 397 g/mol. The van der Waals surface area contributed by atoms with Crippen molar-refractivity contribution >= 4 is 43.3 Å². The van der Waals surface area contributed by atoms with E-state index in [-0.39, 0.29) is 15.8 Å². The van der Waals surface area contributed by atoms with Crippen molar-refractivity contribution in [3.63, 3.8) is 0 Å². The number of carbonyl (C=O) groups is 1. The standard InChI is InChI=1S/C12H17BrN2O4S2/c1-14-5-3-4-8(7-14)15(2)21(18,19)10-6-9(12(16)17)20-11(10)13/h6,8H,3-5,7H2,1-2H3,(H,16,17). The van der Waals surface area contributed by atoms with Gasteiger partial charge in [-0.2, -0.15) is 4.31 Å². The van der Waals surface area contributed by atoms with Crippen molar-refractivity contribution in [2.24, 2.45) is 0 Å². The van der Waals surface area contributed by atoms with Gasteiger partial charge in [-0.1, -0.05) is 0 Å². The molecule has 9 heteroatoms. The van der Waals surface area contributed by atoms with Crippen molar-refractivity contribution in [3.05, 3.63) is 14.7 Å². The SMILES string of the molecule is CN1CCCC(N(C)S(=O)(=O)c2cc(C(=O)O)sc2Br)C1. The molecule has 118 valence electrons. The lowest BCUT2D eigenvalue weighted by atomic mass is 10.1. The maximum absolute atomic E-state index is 12.7. The number of hydrogen-bond donors (Lipinski definition) is 1. The number of rotatable bonds is 4. The summed E-state index contributed by atoms with van der Waals surface area (Å²) in [5.74, 6) is -1.12. The minimum atomic E-state index is -3.70. The number of nitrogens with zero attached hydrogens (tertiary/aromatic N) is 2. The minimum absolute atomic E-state index is 0.00890. The van der Waals surface area contributed by atoms with Crippen LogP contribution in [0.15, 0.2) is 14.7 Å². The van der Waals surface area contributed by atoms with Crippen LogP contribution < -0.4 is 0 Å². The predicted molar refractivity (Wildman–Crippen MR) is 84.4 cm³/mol. The van der Waals surface area contributed by atoms with E-state index in [2.05, 4.69) is 20.8 Å². The van der Waals surface area contributed by atoms with Crippen LogP contribution in [0, 0.1) is 0 Å². The molecule has 21 heavy (non-hydrogen) atoms. The first-order chi connectivity index (χ1) is 9.73. The van der Waals surface area contributed by atoms with Gasteiger partial charge in [0.2, 0.25) is 10.0 Å². The zero-order valence-electron chi connectivity index (χ0n) is 11.7. The first kappa shape index (κ1) is 16.9. The number of hydrogen-bond acceptors (Lipinski definition) is 5. The molecule has 1 N–H and O–H groups in total. The molecule has 1 aliphatic rings. The Morgan fingerprint density at radius 3 is 2.76 bits per heavy atom. The number of sulfonamides is 1. The third-order valence-corrected chi connectivity index (χ3v) is 7.79. The Balaban J connectivity index is 2.30. The highest BCUT2D eigenvalue weighted by Crippen LogP contribution is 2.34. The smallest absolute Gasteiger partial charge is 0.345 e. The number of piperidine rings is 1. The van der Waals surface area contributed by atoms with E-state index in [0.29, 0.717) is 10.3 Å². The fraction of sp³-hybridized carbons (Fsp3) is 0.583. The summed E-state index contributed by atoms with van der Waals surface area (Å²) in [6.45, 7) is 1.65. The molecule has 1 aliphatic heterocycles. The first-order valence-corrected chi connectivity index (χ1v) is 9.47. The predicted octanol–water partition coefficient (Wildman–Crippen LogP) is 1.92. The molecule has 1 saturated heterocycles. The van der Waals surface area contributed by atoms with Crippen molar-refractivity contribution in [3.8, 4) is 0 Å². The molecular formula is C12H17BrN2O4S2. The molecule has 6 nitrogen and oxygen atoms in total. The molecule has 0 saturated carbocycles. The second-order valence-corrected chi connectivity index (χ2v) is 9.47. The van der Waals surface area contributed by atoms with Gasteiger partial charge >= 0.3 is 5.97 Å². The summed E-state index contributed by atoms with van der Waals surface area (Å²) in [5.41, 5.74) is 0. The van der Waals surface area contributed by atoms with Gasteiger partial charge in [0.05, 0.1) is 3.79 Å². The molecule has 0 spiro atoms. The van der Waals surface area contributed by atoms with Crippen LogP contribution in [0.5, 0.6) is 0 Å². The van der Waals surface area contributed by atoms with E-state index >= 15 is 0 Å². The van der Waals surface area contributed by atoms with E-state index in [9.17, 15) is 13.2 Å². The lowest BCUT2D eigenvalue weighted by molar-refractivity contribution is 0.0702. The number of likely N-dealkylation sites (tertiary alicyclic amines) is 1. The van der Waals surface area contributed by atoms with E-state index < -0.39 is 16.0 Å². The number of carboxylic acid groups (broad SMARTS) is 1. The summed E-state index contributed by atoms with van der Waals surface area (Å²) < 4.78 is 27.1. The van der Waals surface area contributed by atoms with Crippen LogP contribution in [-0.2, 0) is 10.0 Å². The summed E-state index contributed by atoms with van der Waals surface area (Å²) in [7, 11) is -0.171. The van der Waals surface area contributed by atoms with Crippen molar-refractivity contribution in [2.75, 3.05) is 27.2 Å². The van der Waals surface area contributed by atoms with Crippen molar-refractivity contribution in [1.29, 1.82) is 0 Å². The van der Waals surface area contributed by atoms with Crippen molar-refractivity contribution in [1.82, 2.24) is 9.21 Å². The van der Waals surface area contributed by atoms with Gasteiger partial charge in [-0.3, -0.25) is 0 Å². The van der Waals surface area contributed by atoms with Crippen LogP contribution in [-0.4, -0.2) is 61.9 Å². The molecule has 2 rings (SSSR count). The fourth-order valence-corrected chi connectivity index (χ4v) is 6.15. The highest BCUT2D eigenvalue weighted by molar-refractivity contribution is 9.11. The Bertz CT molecular complexity index is 644. The van der Waals surface area contributed by atoms with Gasteiger partial charge in [0.1, 0.15) is 9.77 Å². The van der Waals surface area contributed by atoms with E-state index in [0.717, 1.165) is 30.7 Å². The third kappa shape index (κ3) is 3.48. The van der Waals surface area contributed by atoms with Gasteiger partial charge in [0.15, 0.2) is 0 Å². The summed E-state index contributed by atoms with van der Waals surface area (Å²) in [6.07, 6.45) is 1.76. The molecular weight excluding hydrogens is 380 g/mol. The summed E-state index contributed by atoms with van der Waals surface area (Å²) in [4.78, 5) is 13.1. The van der Waals surface area contributed by atoms with Crippen LogP contribution in [0.25, 0.3) is 0 Å². The zero-order chi connectivity index (χ0) is 15.8. The maximum atomic E-state index is 12.7. The van der Waals surface area contributed by atoms with E-state index in [1.807, 2.05) is 7.05 Å². The monoisotopic (exact) mass is 396 g/mol. The Hall–Kier alpha value is -0.480. The highest BCUT2D eigenvalue weighted by atomic mass is 79.9. The second kappa shape index (κ2) is 6.33. The van der Waals surface area contributed by atoms with E-state index in [4.69, 9.17) is 5.11 Å². The van der Waals surface area contributed by atoms with Crippen LogP contribution in [0.4, 0.5) is 0 Å². The molecule has 1 aromatic rings. The van der Waals surface area contributed by atoms with Gasteiger partial charge in [0, 0.05) is 19.6 Å². The lowest BCUT2D eigenvalue weighted by Gasteiger charge is -2.35. The molecule has 0 aromatic carbocycles. The third-order valence-electron chi connectivity index (χ3n) is 3.64. The fourth-order valence-electron chi connectivity index (χ4n) is 2.42. The molecule has 1 atom stereocenters. The van der Waals surface area contributed by atoms with Gasteiger partial charge in [-0.15, -0.1) is 11.3 Å². The van der Waals surface area contributed by atoms with Crippen molar-refractivity contribution in [2.45, 2.75) is 23.8 Å². The van der Waals surface area contributed by atoms with Gasteiger partial charge in [0.25, 0.3) is 0 Å². The van der Waals surface area contributed by atoms with E-state index in [1.54, 1.807) is 7.05 Å². The zero-order valence-corrected chi connectivity index (χ0v) is 15.0. The van der Waals surface area contributed by atoms with Gasteiger partial charge in [-0.25, -0.2) is 13.2 Å². The molecule has 2 heterocycles. The van der Waals surface area contributed by atoms with Crippen LogP contribution >= 0.6 is 27.3 Å². The molecule has 1 aromatic heterocycles. The Morgan fingerprint density at radius 1 is 1.57 bits per heavy atom. The lowest BCUT2D eigenvalue weighted by Crippen LogP contribution is -2.47. The second-order valence-electron chi connectivity index (χ2n) is 5.13. The molecule has 1 fully saturated rings. The Kier molecular flexibility index (Phi) is 5.09. The summed E-state index contributed by atoms with van der Waals surface area (Å²) >= 11 is 4.08. The molecule has 0 radical (unpaired) electrons. The maximum Gasteiger partial charge on any atom is 0.345 e. The van der Waals surface area contributed by atoms with Crippen molar-refractivity contribution < 1.29 is 18.3 Å². The molecule has 0 amide bonds. The first-order valence-electron chi connectivity index (χ1n) is 6.42. The molecule has 1 unspecified atom stereocenters. The minimum Gasteiger partial charge on any atom is -0.477 e. The Labute approximate surface area is 136 Å². The van der Waals surface area contributed by atoms with E-state index in [1.165, 1.54) is 10.4 Å². The quantitative estimate of drug-likeness (QED) is 0.840. The topological polar surface area (TPSA) is 77.9 Å². The number of halogens is 1. The van der Waals surface area contributed by atoms with Crippen LogP contribution in [0.1, 0.15) is 22.5 Å². The number of thiophene rings is 1. The normalized spacial score (nSPS) is 20.9. The molecule has 0 bridgehead atoms. The highest BCUT2D eigenvalue weighted by Gasteiger charge is 2.33. The number of aromatic carboxylic acids is 1. The average Bonchev–Trinajstić information content (AvgIpc) is 2.81. The largest absolute Gasteiger partial charge is 0.477 e.